The molecule has 0 bridgehead atoms. The molecule has 3 rings (SSSR count). The fraction of sp³-hybridized carbons (Fsp3) is 0.611. The largest absolute Gasteiger partial charge is 0.393 e. The summed E-state index contributed by atoms with van der Waals surface area (Å²) in [6, 6.07) is 4.30. The Labute approximate surface area is 142 Å². The van der Waals surface area contributed by atoms with Crippen molar-refractivity contribution in [3.63, 3.8) is 0 Å². The van der Waals surface area contributed by atoms with E-state index in [0.717, 1.165) is 42.1 Å². The van der Waals surface area contributed by atoms with Crippen LogP contribution in [0.25, 0.3) is 0 Å². The zero-order valence-corrected chi connectivity index (χ0v) is 14.7. The molecule has 2 aliphatic rings. The fourth-order valence-electron chi connectivity index (χ4n) is 3.72. The van der Waals surface area contributed by atoms with Crippen molar-refractivity contribution in [3.05, 3.63) is 30.1 Å². The van der Waals surface area contributed by atoms with Crippen molar-refractivity contribution in [2.24, 2.45) is 21.8 Å². The normalized spacial score (nSPS) is 32.0. The summed E-state index contributed by atoms with van der Waals surface area (Å²) in [6.45, 7) is 2.01. The molecular weight excluding hydrogens is 306 g/mol. The molecule has 0 spiro atoms. The molecule has 0 aromatic carbocycles. The summed E-state index contributed by atoms with van der Waals surface area (Å²) < 4.78 is 0. The molecule has 1 N–H and O–H groups in total. The minimum Gasteiger partial charge on any atom is -0.393 e. The molecule has 1 heterocycles. The number of thioether (sulfide) groups is 1. The zero-order valence-electron chi connectivity index (χ0n) is 13.9. The van der Waals surface area contributed by atoms with E-state index in [2.05, 4.69) is 4.98 Å². The molecule has 1 aromatic rings. The lowest BCUT2D eigenvalue weighted by molar-refractivity contribution is -0.0374. The van der Waals surface area contributed by atoms with Crippen molar-refractivity contribution >= 4 is 22.6 Å². The zero-order chi connectivity index (χ0) is 16.2. The Hall–Kier alpha value is -1.20. The highest BCUT2D eigenvalue weighted by Crippen LogP contribution is 2.44. The second kappa shape index (κ2) is 7.58. The van der Waals surface area contributed by atoms with Crippen LogP contribution in [0.15, 0.2) is 34.5 Å². The van der Waals surface area contributed by atoms with Gasteiger partial charge in [-0.25, -0.2) is 4.99 Å². The number of aromatic nitrogens is 1. The van der Waals surface area contributed by atoms with Crippen LogP contribution in [0, 0.1) is 11.8 Å². The number of aliphatic imine (C=N–C) groups is 2. The summed E-state index contributed by atoms with van der Waals surface area (Å²) in [5.41, 5.74) is 1.99. The third-order valence-corrected chi connectivity index (χ3v) is 5.67. The first-order chi connectivity index (χ1) is 11.2. The molecule has 0 amide bonds. The summed E-state index contributed by atoms with van der Waals surface area (Å²) in [5, 5.41) is 10.7. The quantitative estimate of drug-likeness (QED) is 0.666. The van der Waals surface area contributed by atoms with Gasteiger partial charge in [-0.15, -0.1) is 0 Å². The van der Waals surface area contributed by atoms with E-state index in [1.165, 1.54) is 6.42 Å². The number of hydrogen-bond acceptors (Lipinski definition) is 4. The number of aliphatic hydroxyl groups is 1. The van der Waals surface area contributed by atoms with Crippen molar-refractivity contribution in [1.29, 1.82) is 0 Å². The highest BCUT2D eigenvalue weighted by molar-refractivity contribution is 8.13. The van der Waals surface area contributed by atoms with Gasteiger partial charge in [-0.1, -0.05) is 24.2 Å². The number of hydrogen-bond donors (Lipinski definition) is 1. The topological polar surface area (TPSA) is 57.8 Å². The number of nitrogens with zero attached hydrogens (tertiary/aromatic N) is 3. The van der Waals surface area contributed by atoms with Gasteiger partial charge in [0, 0.05) is 23.7 Å². The Morgan fingerprint density at radius 3 is 2.91 bits per heavy atom. The highest BCUT2D eigenvalue weighted by atomic mass is 32.2. The average Bonchev–Trinajstić information content (AvgIpc) is 2.73. The van der Waals surface area contributed by atoms with E-state index in [1.807, 2.05) is 31.5 Å². The maximum Gasteiger partial charge on any atom is 0.183 e. The van der Waals surface area contributed by atoms with Gasteiger partial charge in [-0.05, 0) is 56.8 Å². The van der Waals surface area contributed by atoms with Crippen molar-refractivity contribution in [3.8, 4) is 0 Å². The number of pyridine rings is 1. The molecule has 2 saturated carbocycles. The first-order valence-corrected chi connectivity index (χ1v) is 9.65. The molecule has 2 aliphatic carbocycles. The van der Waals surface area contributed by atoms with Crippen LogP contribution < -0.4 is 0 Å². The third-order valence-electron chi connectivity index (χ3n) is 5.11. The van der Waals surface area contributed by atoms with E-state index in [-0.39, 0.29) is 6.10 Å². The van der Waals surface area contributed by atoms with E-state index in [4.69, 9.17) is 9.98 Å². The molecule has 5 heteroatoms. The number of fused-ring (bicyclic) bond motifs is 1. The summed E-state index contributed by atoms with van der Waals surface area (Å²) >= 11 is 1.61. The van der Waals surface area contributed by atoms with E-state index in [1.54, 1.807) is 18.0 Å². The molecule has 1 aromatic heterocycles. The smallest absolute Gasteiger partial charge is 0.183 e. The van der Waals surface area contributed by atoms with Crippen LogP contribution in [-0.2, 0) is 0 Å². The maximum atomic E-state index is 9.86. The van der Waals surface area contributed by atoms with Gasteiger partial charge >= 0.3 is 0 Å². The lowest BCUT2D eigenvalue weighted by Gasteiger charge is -2.41. The van der Waals surface area contributed by atoms with Gasteiger partial charge in [0.05, 0.1) is 12.1 Å². The number of rotatable bonds is 2. The molecule has 2 fully saturated rings. The molecule has 0 aliphatic heterocycles. The van der Waals surface area contributed by atoms with Crippen LogP contribution in [0.3, 0.4) is 0 Å². The molecular formula is C18H25N3OS. The van der Waals surface area contributed by atoms with E-state index in [0.29, 0.717) is 17.9 Å². The number of aliphatic hydroxyl groups excluding tert-OH is 1. The first kappa shape index (κ1) is 16.7. The van der Waals surface area contributed by atoms with Gasteiger partial charge in [0.25, 0.3) is 0 Å². The van der Waals surface area contributed by atoms with Crippen LogP contribution >= 0.6 is 11.8 Å². The van der Waals surface area contributed by atoms with Crippen molar-refractivity contribution in [1.82, 2.24) is 4.98 Å². The highest BCUT2D eigenvalue weighted by Gasteiger charge is 2.41. The Morgan fingerprint density at radius 1 is 1.35 bits per heavy atom. The van der Waals surface area contributed by atoms with Crippen molar-refractivity contribution in [2.45, 2.75) is 51.2 Å². The van der Waals surface area contributed by atoms with Gasteiger partial charge < -0.3 is 5.11 Å². The second-order valence-electron chi connectivity index (χ2n) is 6.60. The van der Waals surface area contributed by atoms with Gasteiger partial charge in [0.2, 0.25) is 0 Å². The van der Waals surface area contributed by atoms with Crippen LogP contribution in [0.5, 0.6) is 0 Å². The average molecular weight is 331 g/mol. The summed E-state index contributed by atoms with van der Waals surface area (Å²) in [5.74, 6) is 1.18. The van der Waals surface area contributed by atoms with Crippen LogP contribution in [0.4, 0.5) is 0 Å². The van der Waals surface area contributed by atoms with Gasteiger partial charge in [0.15, 0.2) is 5.17 Å². The lowest BCUT2D eigenvalue weighted by atomic mass is 9.68. The Balaban J connectivity index is 1.71. The molecule has 23 heavy (non-hydrogen) atoms. The standard InChI is InChI=1S/C18H25N3OS/c1-12(13-5-4-8-19-11-13)20-18(23-2)21-15-6-3-7-16-14(9-15)10-17(16)22/h4-5,8,11,14-17,22H,3,6-7,9-10H2,1-2H3. The van der Waals surface area contributed by atoms with Crippen LogP contribution in [0.1, 0.15) is 44.6 Å². The molecule has 4 atom stereocenters. The monoisotopic (exact) mass is 331 g/mol. The Bertz CT molecular complexity index is 587. The van der Waals surface area contributed by atoms with Crippen LogP contribution in [0.2, 0.25) is 0 Å². The summed E-state index contributed by atoms with van der Waals surface area (Å²) in [4.78, 5) is 13.8. The fourth-order valence-corrected chi connectivity index (χ4v) is 4.20. The third kappa shape index (κ3) is 4.01. The second-order valence-corrected chi connectivity index (χ2v) is 7.38. The van der Waals surface area contributed by atoms with E-state index < -0.39 is 0 Å². The molecule has 0 radical (unpaired) electrons. The summed E-state index contributed by atoms with van der Waals surface area (Å²) in [7, 11) is 0. The van der Waals surface area contributed by atoms with Gasteiger partial charge in [-0.2, -0.15) is 0 Å². The number of amidine groups is 1. The molecule has 4 unspecified atom stereocenters. The molecule has 124 valence electrons. The van der Waals surface area contributed by atoms with Crippen LogP contribution in [-0.4, -0.2) is 39.4 Å². The lowest BCUT2D eigenvalue weighted by Crippen LogP contribution is -2.41. The first-order valence-electron chi connectivity index (χ1n) is 8.43. The van der Waals surface area contributed by atoms with E-state index >= 15 is 0 Å². The predicted molar refractivity (Wildman–Crippen MR) is 97.3 cm³/mol. The van der Waals surface area contributed by atoms with E-state index in [9.17, 15) is 5.11 Å². The van der Waals surface area contributed by atoms with Crippen molar-refractivity contribution < 1.29 is 5.11 Å². The molecule has 0 saturated heterocycles. The Kier molecular flexibility index (Phi) is 5.49. The minimum atomic E-state index is -0.0615. The molecule has 4 nitrogen and oxygen atoms in total. The van der Waals surface area contributed by atoms with Crippen molar-refractivity contribution in [2.75, 3.05) is 6.26 Å². The predicted octanol–water partition coefficient (Wildman–Crippen LogP) is 3.55. The van der Waals surface area contributed by atoms with Gasteiger partial charge in [0.1, 0.15) is 0 Å². The SMILES string of the molecule is CSC(=NC1CCCC2C(O)CC2C1)N=C(C)c1cccnc1. The minimum absolute atomic E-state index is 0.0615. The Morgan fingerprint density at radius 2 is 2.22 bits per heavy atom. The maximum absolute atomic E-state index is 9.86. The summed E-state index contributed by atoms with van der Waals surface area (Å²) in [6.07, 6.45) is 11.1. The van der Waals surface area contributed by atoms with Gasteiger partial charge in [-0.3, -0.25) is 9.98 Å².